The fourth-order valence-electron chi connectivity index (χ4n) is 1.15. The molecule has 0 aliphatic rings. The third-order valence-corrected chi connectivity index (χ3v) is 2.22. The second-order valence-corrected chi connectivity index (χ2v) is 3.24. The van der Waals surface area contributed by atoms with Gasteiger partial charge in [-0.2, -0.15) is 0 Å². The predicted molar refractivity (Wildman–Crippen MR) is 51.6 cm³/mol. The summed E-state index contributed by atoms with van der Waals surface area (Å²) >= 11 is 5.47. The molecule has 16 heavy (non-hydrogen) atoms. The molecule has 0 saturated heterocycles. The van der Waals surface area contributed by atoms with Crippen LogP contribution in [0.25, 0.3) is 0 Å². The molecule has 0 aromatic carbocycles. The molecule has 7 heteroatoms. The quantitative estimate of drug-likeness (QED) is 0.660. The summed E-state index contributed by atoms with van der Waals surface area (Å²) in [5.41, 5.74) is -0.908. The summed E-state index contributed by atoms with van der Waals surface area (Å²) in [7, 11) is 1.12. The van der Waals surface area contributed by atoms with Crippen LogP contribution in [0.5, 0.6) is 5.75 Å². The normalized spacial score (nSPS) is 10.6. The minimum absolute atomic E-state index is 0.262. The molecule has 88 valence electrons. The van der Waals surface area contributed by atoms with Crippen molar-refractivity contribution in [3.05, 3.63) is 22.5 Å². The van der Waals surface area contributed by atoms with Crippen molar-refractivity contribution in [2.45, 2.75) is 12.8 Å². The number of hydrogen-bond donors (Lipinski definition) is 1. The fraction of sp³-hybridized carbons (Fsp3) is 0.333. The first-order valence-electron chi connectivity index (χ1n) is 4.18. The molecule has 0 spiro atoms. The minimum Gasteiger partial charge on any atom is -0.506 e. The van der Waals surface area contributed by atoms with E-state index in [1.807, 2.05) is 0 Å². The van der Waals surface area contributed by atoms with Crippen LogP contribution < -0.4 is 0 Å². The number of aromatic nitrogens is 1. The number of esters is 1. The zero-order valence-corrected chi connectivity index (χ0v) is 8.96. The van der Waals surface area contributed by atoms with Gasteiger partial charge in [0.05, 0.1) is 25.3 Å². The van der Waals surface area contributed by atoms with Crippen LogP contribution in [-0.4, -0.2) is 23.2 Å². The van der Waals surface area contributed by atoms with Crippen LogP contribution in [-0.2, 0) is 16.0 Å². The summed E-state index contributed by atoms with van der Waals surface area (Å²) in [5, 5.41) is 8.91. The maximum absolute atomic E-state index is 12.6. The lowest BCUT2D eigenvalue weighted by Crippen LogP contribution is -2.08. The Hall–Kier alpha value is -1.43. The molecule has 1 aromatic rings. The largest absolute Gasteiger partial charge is 0.506 e. The van der Waals surface area contributed by atoms with Gasteiger partial charge in [-0.1, -0.05) is 11.6 Å². The molecule has 1 heterocycles. The molecule has 4 nitrogen and oxygen atoms in total. The maximum Gasteiger partial charge on any atom is 0.310 e. The smallest absolute Gasteiger partial charge is 0.310 e. The molecule has 1 aromatic heterocycles. The second kappa shape index (κ2) is 5.07. The Balaban J connectivity index is 3.23. The van der Waals surface area contributed by atoms with Gasteiger partial charge in [0.25, 0.3) is 6.43 Å². The highest BCUT2D eigenvalue weighted by molar-refractivity contribution is 6.30. The van der Waals surface area contributed by atoms with Gasteiger partial charge in [0, 0.05) is 5.56 Å². The molecule has 0 unspecified atom stereocenters. The molecule has 0 amide bonds. The van der Waals surface area contributed by atoms with Crippen LogP contribution in [0.1, 0.15) is 17.6 Å². The lowest BCUT2D eigenvalue weighted by atomic mass is 10.1. The molecular formula is C9H8ClF2NO3. The number of aromatic hydroxyl groups is 1. The molecule has 0 aliphatic carbocycles. The number of alkyl halides is 2. The number of carbonyl (C=O) groups is 1. The molecule has 0 fully saturated rings. The third-order valence-electron chi connectivity index (χ3n) is 1.92. The van der Waals surface area contributed by atoms with Crippen molar-refractivity contribution < 1.29 is 23.4 Å². The van der Waals surface area contributed by atoms with E-state index in [0.29, 0.717) is 0 Å². The topological polar surface area (TPSA) is 59.4 Å². The molecule has 0 saturated carbocycles. The van der Waals surface area contributed by atoms with Gasteiger partial charge in [-0.15, -0.1) is 0 Å². The SMILES string of the molecule is COC(=O)Cc1c(O)cnc(Cl)c1C(F)F. The third kappa shape index (κ3) is 2.57. The summed E-state index contributed by atoms with van der Waals surface area (Å²) in [6, 6.07) is 0. The molecular weight excluding hydrogens is 244 g/mol. The van der Waals surface area contributed by atoms with Gasteiger partial charge in [-0.3, -0.25) is 4.79 Å². The van der Waals surface area contributed by atoms with Crippen LogP contribution in [0.15, 0.2) is 6.20 Å². The van der Waals surface area contributed by atoms with E-state index >= 15 is 0 Å². The first-order chi connectivity index (χ1) is 7.47. The minimum atomic E-state index is -2.92. The van der Waals surface area contributed by atoms with Crippen molar-refractivity contribution in [3.8, 4) is 5.75 Å². The number of methoxy groups -OCH3 is 1. The van der Waals surface area contributed by atoms with Gasteiger partial charge in [0.15, 0.2) is 0 Å². The van der Waals surface area contributed by atoms with Crippen molar-refractivity contribution in [1.82, 2.24) is 4.98 Å². The summed E-state index contributed by atoms with van der Waals surface area (Å²) < 4.78 is 29.6. The molecule has 0 bridgehead atoms. The van der Waals surface area contributed by atoms with Gasteiger partial charge < -0.3 is 9.84 Å². The monoisotopic (exact) mass is 251 g/mol. The number of carbonyl (C=O) groups excluding carboxylic acids is 1. The highest BCUT2D eigenvalue weighted by atomic mass is 35.5. The predicted octanol–water partition coefficient (Wildman–Crippen LogP) is 2.09. The van der Waals surface area contributed by atoms with Gasteiger partial charge in [-0.05, 0) is 0 Å². The van der Waals surface area contributed by atoms with Crippen LogP contribution in [0.2, 0.25) is 5.15 Å². The summed E-state index contributed by atoms with van der Waals surface area (Å²) in [6.07, 6.45) is -2.50. The Labute approximate surface area is 94.8 Å². The lowest BCUT2D eigenvalue weighted by molar-refractivity contribution is -0.139. The Morgan fingerprint density at radius 3 is 2.81 bits per heavy atom. The Morgan fingerprint density at radius 1 is 1.69 bits per heavy atom. The van der Waals surface area contributed by atoms with Crippen molar-refractivity contribution in [2.24, 2.45) is 0 Å². The molecule has 1 N–H and O–H groups in total. The van der Waals surface area contributed by atoms with E-state index in [2.05, 4.69) is 9.72 Å². The van der Waals surface area contributed by atoms with E-state index < -0.39 is 35.3 Å². The van der Waals surface area contributed by atoms with E-state index in [9.17, 15) is 18.7 Å². The highest BCUT2D eigenvalue weighted by Gasteiger charge is 2.23. The summed E-state index contributed by atoms with van der Waals surface area (Å²) in [5.74, 6) is -1.26. The van der Waals surface area contributed by atoms with Crippen molar-refractivity contribution in [1.29, 1.82) is 0 Å². The van der Waals surface area contributed by atoms with Crippen molar-refractivity contribution in [3.63, 3.8) is 0 Å². The molecule has 1 rings (SSSR count). The molecule has 0 aliphatic heterocycles. The van der Waals surface area contributed by atoms with E-state index in [-0.39, 0.29) is 5.56 Å². The zero-order valence-electron chi connectivity index (χ0n) is 8.21. The average Bonchev–Trinajstić information content (AvgIpc) is 2.22. The fourth-order valence-corrected chi connectivity index (χ4v) is 1.40. The van der Waals surface area contributed by atoms with E-state index in [4.69, 9.17) is 11.6 Å². The first kappa shape index (κ1) is 12.6. The number of rotatable bonds is 3. The van der Waals surface area contributed by atoms with Crippen LogP contribution >= 0.6 is 11.6 Å². The van der Waals surface area contributed by atoms with E-state index in [0.717, 1.165) is 13.3 Å². The van der Waals surface area contributed by atoms with Gasteiger partial charge in [0.1, 0.15) is 10.9 Å². The summed E-state index contributed by atoms with van der Waals surface area (Å²) in [4.78, 5) is 14.4. The number of halogens is 3. The van der Waals surface area contributed by atoms with Gasteiger partial charge in [-0.25, -0.2) is 13.8 Å². The first-order valence-corrected chi connectivity index (χ1v) is 4.56. The van der Waals surface area contributed by atoms with Crippen LogP contribution in [0, 0.1) is 0 Å². The Morgan fingerprint density at radius 2 is 2.31 bits per heavy atom. The Bertz CT molecular complexity index is 412. The van der Waals surface area contributed by atoms with Gasteiger partial charge in [0.2, 0.25) is 0 Å². The number of ether oxygens (including phenoxy) is 1. The lowest BCUT2D eigenvalue weighted by Gasteiger charge is -2.10. The van der Waals surface area contributed by atoms with Gasteiger partial charge >= 0.3 is 5.97 Å². The maximum atomic E-state index is 12.6. The van der Waals surface area contributed by atoms with Crippen molar-refractivity contribution in [2.75, 3.05) is 7.11 Å². The zero-order chi connectivity index (χ0) is 12.3. The number of pyridine rings is 1. The second-order valence-electron chi connectivity index (χ2n) is 2.88. The van der Waals surface area contributed by atoms with E-state index in [1.165, 1.54) is 0 Å². The molecule has 0 atom stereocenters. The summed E-state index contributed by atoms with van der Waals surface area (Å²) in [6.45, 7) is 0. The highest BCUT2D eigenvalue weighted by Crippen LogP contribution is 2.33. The van der Waals surface area contributed by atoms with Crippen molar-refractivity contribution >= 4 is 17.6 Å². The average molecular weight is 252 g/mol. The van der Waals surface area contributed by atoms with E-state index in [1.54, 1.807) is 0 Å². The van der Waals surface area contributed by atoms with Crippen LogP contribution in [0.4, 0.5) is 8.78 Å². The van der Waals surface area contributed by atoms with Crippen LogP contribution in [0.3, 0.4) is 0 Å². The molecule has 0 radical (unpaired) electrons. The number of hydrogen-bond acceptors (Lipinski definition) is 4. The number of nitrogens with zero attached hydrogens (tertiary/aromatic N) is 1. The standard InChI is InChI=1S/C9H8ClF2NO3/c1-16-6(15)2-4-5(14)3-13-8(10)7(4)9(11)12/h3,9,14H,2H2,1H3. The Kier molecular flexibility index (Phi) is 4.00.